The monoisotopic (exact) mass is 272 g/mol. The first-order chi connectivity index (χ1) is 7.69. The van der Waals surface area contributed by atoms with Crippen LogP contribution in [0, 0.1) is 25.2 Å². The zero-order valence-corrected chi connectivity index (χ0v) is 13.5. The van der Waals surface area contributed by atoms with Crippen LogP contribution in [0.4, 0.5) is 0 Å². The van der Waals surface area contributed by atoms with Gasteiger partial charge in [0.25, 0.3) is 0 Å². The van der Waals surface area contributed by atoms with E-state index in [4.69, 9.17) is 11.6 Å². The van der Waals surface area contributed by atoms with E-state index in [1.807, 2.05) is 11.3 Å². The first-order valence-corrected chi connectivity index (χ1v) is 7.65. The van der Waals surface area contributed by atoms with Crippen molar-refractivity contribution >= 4 is 22.9 Å². The van der Waals surface area contributed by atoms with Crippen LogP contribution in [0.25, 0.3) is 0 Å². The van der Waals surface area contributed by atoms with Gasteiger partial charge in [-0.05, 0) is 49.7 Å². The number of halogens is 1. The Kier molecular flexibility index (Phi) is 5.09. The molecule has 0 amide bonds. The molecule has 0 saturated heterocycles. The Balaban J connectivity index is 2.60. The SMILES string of the molecule is Cc1cc(C(Cl)CC(C)CC(C)(C)C)c(C)s1. The van der Waals surface area contributed by atoms with E-state index in [1.165, 1.54) is 21.7 Å². The minimum atomic E-state index is 0.178. The van der Waals surface area contributed by atoms with Gasteiger partial charge in [-0.25, -0.2) is 0 Å². The molecule has 0 aliphatic heterocycles. The highest BCUT2D eigenvalue weighted by Crippen LogP contribution is 2.37. The Labute approximate surface area is 115 Å². The molecule has 0 aliphatic rings. The van der Waals surface area contributed by atoms with Crippen molar-refractivity contribution in [3.05, 3.63) is 21.4 Å². The Bertz CT molecular complexity index is 359. The van der Waals surface area contributed by atoms with Crippen LogP contribution in [0.1, 0.15) is 61.2 Å². The van der Waals surface area contributed by atoms with E-state index in [0.717, 1.165) is 6.42 Å². The summed E-state index contributed by atoms with van der Waals surface area (Å²) in [6.07, 6.45) is 2.31. The fourth-order valence-corrected chi connectivity index (χ4v) is 4.15. The summed E-state index contributed by atoms with van der Waals surface area (Å²) in [6.45, 7) is 13.5. The summed E-state index contributed by atoms with van der Waals surface area (Å²) >= 11 is 8.41. The maximum atomic E-state index is 6.56. The maximum Gasteiger partial charge on any atom is 0.0598 e. The van der Waals surface area contributed by atoms with Gasteiger partial charge in [-0.3, -0.25) is 0 Å². The predicted molar refractivity (Wildman–Crippen MR) is 80.2 cm³/mol. The van der Waals surface area contributed by atoms with Crippen molar-refractivity contribution in [2.24, 2.45) is 11.3 Å². The molecule has 1 aromatic heterocycles. The standard InChI is InChI=1S/C15H25ClS/c1-10(9-15(4,5)6)7-14(16)13-8-11(2)17-12(13)3/h8,10,14H,7,9H2,1-6H3. The van der Waals surface area contributed by atoms with Gasteiger partial charge < -0.3 is 0 Å². The molecule has 2 heteroatoms. The van der Waals surface area contributed by atoms with Crippen LogP contribution in [-0.2, 0) is 0 Å². The maximum absolute atomic E-state index is 6.56. The van der Waals surface area contributed by atoms with Gasteiger partial charge in [0.1, 0.15) is 0 Å². The molecule has 1 heterocycles. The molecule has 17 heavy (non-hydrogen) atoms. The zero-order chi connectivity index (χ0) is 13.2. The van der Waals surface area contributed by atoms with Crippen molar-refractivity contribution in [3.8, 4) is 0 Å². The second-order valence-corrected chi connectivity index (χ2v) is 8.43. The predicted octanol–water partition coefficient (Wildman–Crippen LogP) is 6.11. The van der Waals surface area contributed by atoms with E-state index >= 15 is 0 Å². The van der Waals surface area contributed by atoms with Crippen LogP contribution in [0.3, 0.4) is 0 Å². The van der Waals surface area contributed by atoms with Crippen molar-refractivity contribution in [1.82, 2.24) is 0 Å². The van der Waals surface area contributed by atoms with E-state index in [-0.39, 0.29) is 5.38 Å². The minimum Gasteiger partial charge on any atom is -0.146 e. The van der Waals surface area contributed by atoms with Gasteiger partial charge in [0.15, 0.2) is 0 Å². The van der Waals surface area contributed by atoms with Crippen molar-refractivity contribution in [2.75, 3.05) is 0 Å². The largest absolute Gasteiger partial charge is 0.146 e. The molecular formula is C15H25ClS. The fourth-order valence-electron chi connectivity index (χ4n) is 2.57. The lowest BCUT2D eigenvalue weighted by molar-refractivity contribution is 0.295. The van der Waals surface area contributed by atoms with Crippen molar-refractivity contribution in [3.63, 3.8) is 0 Å². The molecular weight excluding hydrogens is 248 g/mol. The summed E-state index contributed by atoms with van der Waals surface area (Å²) in [4.78, 5) is 2.75. The number of thiophene rings is 1. The van der Waals surface area contributed by atoms with Crippen LogP contribution < -0.4 is 0 Å². The average molecular weight is 273 g/mol. The zero-order valence-electron chi connectivity index (χ0n) is 11.9. The third-order valence-corrected chi connectivity index (χ3v) is 4.38. The van der Waals surface area contributed by atoms with Gasteiger partial charge in [-0.2, -0.15) is 0 Å². The second-order valence-electron chi connectivity index (χ2n) is 6.44. The van der Waals surface area contributed by atoms with E-state index in [0.29, 0.717) is 11.3 Å². The molecule has 0 saturated carbocycles. The molecule has 2 atom stereocenters. The molecule has 0 bridgehead atoms. The average Bonchev–Trinajstić information content (AvgIpc) is 2.41. The highest BCUT2D eigenvalue weighted by molar-refractivity contribution is 7.12. The molecule has 0 spiro atoms. The lowest BCUT2D eigenvalue weighted by Gasteiger charge is -2.24. The topological polar surface area (TPSA) is 0 Å². The molecule has 1 rings (SSSR count). The van der Waals surface area contributed by atoms with Gasteiger partial charge in [0, 0.05) is 9.75 Å². The molecule has 0 aromatic carbocycles. The fraction of sp³-hybridized carbons (Fsp3) is 0.733. The van der Waals surface area contributed by atoms with Crippen LogP contribution in [0.5, 0.6) is 0 Å². The molecule has 2 unspecified atom stereocenters. The third kappa shape index (κ3) is 5.01. The van der Waals surface area contributed by atoms with Gasteiger partial charge >= 0.3 is 0 Å². The van der Waals surface area contributed by atoms with Crippen molar-refractivity contribution in [1.29, 1.82) is 0 Å². The summed E-state index contributed by atoms with van der Waals surface area (Å²) < 4.78 is 0. The normalized spacial score (nSPS) is 15.9. The first kappa shape index (κ1) is 15.0. The Morgan fingerprint density at radius 1 is 1.29 bits per heavy atom. The number of alkyl halides is 1. The van der Waals surface area contributed by atoms with Crippen LogP contribution >= 0.6 is 22.9 Å². The van der Waals surface area contributed by atoms with E-state index in [1.54, 1.807) is 0 Å². The van der Waals surface area contributed by atoms with Crippen molar-refractivity contribution in [2.45, 2.75) is 59.8 Å². The highest BCUT2D eigenvalue weighted by atomic mass is 35.5. The lowest BCUT2D eigenvalue weighted by atomic mass is 9.83. The molecule has 98 valence electrons. The number of rotatable bonds is 4. The van der Waals surface area contributed by atoms with Crippen molar-refractivity contribution < 1.29 is 0 Å². The molecule has 1 aromatic rings. The highest BCUT2D eigenvalue weighted by Gasteiger charge is 2.20. The summed E-state index contributed by atoms with van der Waals surface area (Å²) in [6, 6.07) is 2.25. The van der Waals surface area contributed by atoms with Crippen LogP contribution in [0.15, 0.2) is 6.07 Å². The summed E-state index contributed by atoms with van der Waals surface area (Å²) in [5.41, 5.74) is 1.74. The lowest BCUT2D eigenvalue weighted by Crippen LogP contribution is -2.12. The van der Waals surface area contributed by atoms with E-state index < -0.39 is 0 Å². The summed E-state index contributed by atoms with van der Waals surface area (Å²) in [5.74, 6) is 0.678. The van der Waals surface area contributed by atoms with Gasteiger partial charge in [0.05, 0.1) is 5.38 Å². The summed E-state index contributed by atoms with van der Waals surface area (Å²) in [5, 5.41) is 0.178. The van der Waals surface area contributed by atoms with Crippen LogP contribution in [0.2, 0.25) is 0 Å². The van der Waals surface area contributed by atoms with E-state index in [2.05, 4.69) is 47.6 Å². The second kappa shape index (κ2) is 5.75. The minimum absolute atomic E-state index is 0.178. The smallest absolute Gasteiger partial charge is 0.0598 e. The molecule has 0 radical (unpaired) electrons. The van der Waals surface area contributed by atoms with Gasteiger partial charge in [-0.15, -0.1) is 22.9 Å². The van der Waals surface area contributed by atoms with Gasteiger partial charge in [0.2, 0.25) is 0 Å². The van der Waals surface area contributed by atoms with Gasteiger partial charge in [-0.1, -0.05) is 27.7 Å². The quantitative estimate of drug-likeness (QED) is 0.580. The van der Waals surface area contributed by atoms with E-state index in [9.17, 15) is 0 Å². The third-order valence-electron chi connectivity index (χ3n) is 2.99. The number of aryl methyl sites for hydroxylation is 2. The Hall–Kier alpha value is -0.0100. The number of hydrogen-bond acceptors (Lipinski definition) is 1. The molecule has 0 aliphatic carbocycles. The van der Waals surface area contributed by atoms with Crippen LogP contribution in [-0.4, -0.2) is 0 Å². The Morgan fingerprint density at radius 2 is 1.88 bits per heavy atom. The Morgan fingerprint density at radius 3 is 2.29 bits per heavy atom. The molecule has 0 nitrogen and oxygen atoms in total. The number of hydrogen-bond donors (Lipinski definition) is 0. The molecule has 0 N–H and O–H groups in total. The molecule has 0 fully saturated rings. The summed E-state index contributed by atoms with van der Waals surface area (Å²) in [7, 11) is 0. The first-order valence-electron chi connectivity index (χ1n) is 6.40.